The maximum atomic E-state index is 6.42. The molecule has 1 aromatic heterocycles. The molecule has 94 valence electrons. The summed E-state index contributed by atoms with van der Waals surface area (Å²) in [4.78, 5) is 4.16. The van der Waals surface area contributed by atoms with Crippen LogP contribution in [0.25, 0.3) is 0 Å². The molecule has 2 rings (SSSR count). The molecule has 1 aromatic carbocycles. The van der Waals surface area contributed by atoms with Gasteiger partial charge in [0.15, 0.2) is 0 Å². The molecule has 2 aromatic rings. The van der Waals surface area contributed by atoms with E-state index in [-0.39, 0.29) is 6.04 Å². The van der Waals surface area contributed by atoms with Gasteiger partial charge in [-0.2, -0.15) is 0 Å². The molecule has 2 nitrogen and oxygen atoms in total. The van der Waals surface area contributed by atoms with Crippen molar-refractivity contribution in [2.24, 2.45) is 5.73 Å². The number of benzene rings is 1. The molecule has 2 N–H and O–H groups in total. The molecule has 0 bridgehead atoms. The fourth-order valence-corrected chi connectivity index (χ4v) is 2.44. The van der Waals surface area contributed by atoms with Crippen LogP contribution in [0.4, 0.5) is 0 Å². The van der Waals surface area contributed by atoms with Crippen LogP contribution in [0.1, 0.15) is 39.4 Å². The van der Waals surface area contributed by atoms with E-state index in [4.69, 9.17) is 5.73 Å². The molecule has 0 spiro atoms. The van der Waals surface area contributed by atoms with E-state index in [9.17, 15) is 0 Å². The highest BCUT2D eigenvalue weighted by molar-refractivity contribution is 5.48. The summed E-state index contributed by atoms with van der Waals surface area (Å²) in [5, 5.41) is 0. The van der Waals surface area contributed by atoms with Crippen molar-refractivity contribution in [3.05, 3.63) is 64.0 Å². The van der Waals surface area contributed by atoms with Crippen molar-refractivity contribution < 1.29 is 0 Å². The second kappa shape index (κ2) is 4.91. The lowest BCUT2D eigenvalue weighted by Crippen LogP contribution is -2.16. The maximum Gasteiger partial charge on any atom is 0.0572 e. The SMILES string of the molecule is Cc1cc(C)c(C)c(C(N)c2cccnc2)c1C. The number of aromatic nitrogens is 1. The average Bonchev–Trinajstić information content (AvgIpc) is 2.37. The Balaban J connectivity index is 2.58. The van der Waals surface area contributed by atoms with Crippen molar-refractivity contribution in [1.82, 2.24) is 4.98 Å². The molecule has 0 aliphatic carbocycles. The van der Waals surface area contributed by atoms with Gasteiger partial charge in [-0.1, -0.05) is 12.1 Å². The van der Waals surface area contributed by atoms with Gasteiger partial charge < -0.3 is 5.73 Å². The zero-order chi connectivity index (χ0) is 13.3. The predicted octanol–water partition coefficient (Wildman–Crippen LogP) is 3.36. The number of aryl methyl sites for hydroxylation is 2. The lowest BCUT2D eigenvalue weighted by atomic mass is 9.88. The zero-order valence-electron chi connectivity index (χ0n) is 11.5. The first-order valence-corrected chi connectivity index (χ1v) is 6.25. The van der Waals surface area contributed by atoms with Crippen molar-refractivity contribution in [3.63, 3.8) is 0 Å². The Morgan fingerprint density at radius 1 is 1.06 bits per heavy atom. The third kappa shape index (κ3) is 2.16. The number of nitrogens with two attached hydrogens (primary N) is 1. The van der Waals surface area contributed by atoms with E-state index in [2.05, 4.69) is 38.7 Å². The lowest BCUT2D eigenvalue weighted by Gasteiger charge is -2.21. The highest BCUT2D eigenvalue weighted by Crippen LogP contribution is 2.29. The van der Waals surface area contributed by atoms with E-state index < -0.39 is 0 Å². The highest BCUT2D eigenvalue weighted by Gasteiger charge is 2.16. The Labute approximate surface area is 109 Å². The zero-order valence-corrected chi connectivity index (χ0v) is 11.5. The molecule has 18 heavy (non-hydrogen) atoms. The number of hydrogen-bond acceptors (Lipinski definition) is 2. The van der Waals surface area contributed by atoms with Gasteiger partial charge in [0.2, 0.25) is 0 Å². The van der Waals surface area contributed by atoms with Gasteiger partial charge >= 0.3 is 0 Å². The van der Waals surface area contributed by atoms with E-state index in [0.29, 0.717) is 0 Å². The largest absolute Gasteiger partial charge is 0.320 e. The molecule has 1 unspecified atom stereocenters. The Bertz CT molecular complexity index is 533. The topological polar surface area (TPSA) is 38.9 Å². The van der Waals surface area contributed by atoms with Gasteiger partial charge in [0.1, 0.15) is 0 Å². The second-order valence-corrected chi connectivity index (χ2v) is 4.94. The summed E-state index contributed by atoms with van der Waals surface area (Å²) >= 11 is 0. The van der Waals surface area contributed by atoms with Crippen molar-refractivity contribution >= 4 is 0 Å². The molecule has 1 atom stereocenters. The Morgan fingerprint density at radius 2 is 1.67 bits per heavy atom. The van der Waals surface area contributed by atoms with Crippen molar-refractivity contribution in [2.45, 2.75) is 33.7 Å². The van der Waals surface area contributed by atoms with Crippen LogP contribution in [-0.2, 0) is 0 Å². The van der Waals surface area contributed by atoms with Gasteiger partial charge in [0, 0.05) is 12.4 Å². The molecule has 2 heteroatoms. The quantitative estimate of drug-likeness (QED) is 0.874. The minimum Gasteiger partial charge on any atom is -0.320 e. The summed E-state index contributed by atoms with van der Waals surface area (Å²) in [6.07, 6.45) is 3.62. The van der Waals surface area contributed by atoms with Crippen LogP contribution in [0.3, 0.4) is 0 Å². The Hall–Kier alpha value is -1.67. The van der Waals surface area contributed by atoms with Gasteiger partial charge in [0.05, 0.1) is 6.04 Å². The molecular weight excluding hydrogens is 220 g/mol. The first-order chi connectivity index (χ1) is 8.52. The normalized spacial score (nSPS) is 12.5. The number of nitrogens with zero attached hydrogens (tertiary/aromatic N) is 1. The van der Waals surface area contributed by atoms with E-state index in [1.165, 1.54) is 27.8 Å². The standard InChI is InChI=1S/C16H20N2/c1-10-8-11(2)13(4)15(12(10)3)16(17)14-6-5-7-18-9-14/h5-9,16H,17H2,1-4H3. The maximum absolute atomic E-state index is 6.42. The summed E-state index contributed by atoms with van der Waals surface area (Å²) in [7, 11) is 0. The number of hydrogen-bond donors (Lipinski definition) is 1. The fourth-order valence-electron chi connectivity index (χ4n) is 2.44. The number of rotatable bonds is 2. The van der Waals surface area contributed by atoms with E-state index in [1.807, 2.05) is 18.3 Å². The molecule has 0 fully saturated rings. The first-order valence-electron chi connectivity index (χ1n) is 6.25. The van der Waals surface area contributed by atoms with Gasteiger partial charge in [-0.05, 0) is 67.1 Å². The molecule has 1 heterocycles. The van der Waals surface area contributed by atoms with Crippen LogP contribution < -0.4 is 5.73 Å². The van der Waals surface area contributed by atoms with Crippen LogP contribution in [0.15, 0.2) is 30.6 Å². The summed E-state index contributed by atoms with van der Waals surface area (Å²) in [5.41, 5.74) is 13.9. The smallest absolute Gasteiger partial charge is 0.0572 e. The third-order valence-electron chi connectivity index (χ3n) is 3.78. The van der Waals surface area contributed by atoms with Crippen molar-refractivity contribution in [3.8, 4) is 0 Å². The molecular formula is C16H20N2. The fraction of sp³-hybridized carbons (Fsp3) is 0.312. The van der Waals surface area contributed by atoms with Crippen molar-refractivity contribution in [2.75, 3.05) is 0 Å². The predicted molar refractivity (Wildman–Crippen MR) is 75.7 cm³/mol. The monoisotopic (exact) mass is 240 g/mol. The van der Waals surface area contributed by atoms with Gasteiger partial charge in [0.25, 0.3) is 0 Å². The highest BCUT2D eigenvalue weighted by atomic mass is 14.7. The summed E-state index contributed by atoms with van der Waals surface area (Å²) < 4.78 is 0. The van der Waals surface area contributed by atoms with Crippen LogP contribution in [-0.4, -0.2) is 4.98 Å². The Kier molecular flexibility index (Phi) is 3.48. The minimum absolute atomic E-state index is 0.0997. The minimum atomic E-state index is -0.0997. The summed E-state index contributed by atoms with van der Waals surface area (Å²) in [6, 6.07) is 6.10. The van der Waals surface area contributed by atoms with Gasteiger partial charge in [-0.3, -0.25) is 4.98 Å². The molecule has 0 saturated heterocycles. The van der Waals surface area contributed by atoms with Crippen molar-refractivity contribution in [1.29, 1.82) is 0 Å². The van der Waals surface area contributed by atoms with Crippen LogP contribution >= 0.6 is 0 Å². The first kappa shape index (κ1) is 12.8. The lowest BCUT2D eigenvalue weighted by molar-refractivity contribution is 0.838. The van der Waals surface area contributed by atoms with E-state index in [1.54, 1.807) is 6.20 Å². The van der Waals surface area contributed by atoms with Crippen LogP contribution in [0.2, 0.25) is 0 Å². The van der Waals surface area contributed by atoms with Crippen LogP contribution in [0.5, 0.6) is 0 Å². The number of pyridine rings is 1. The van der Waals surface area contributed by atoms with Gasteiger partial charge in [-0.15, -0.1) is 0 Å². The van der Waals surface area contributed by atoms with E-state index in [0.717, 1.165) is 5.56 Å². The van der Waals surface area contributed by atoms with Gasteiger partial charge in [-0.25, -0.2) is 0 Å². The van der Waals surface area contributed by atoms with E-state index >= 15 is 0 Å². The molecule has 0 saturated carbocycles. The molecule has 0 aliphatic heterocycles. The average molecular weight is 240 g/mol. The summed E-state index contributed by atoms with van der Waals surface area (Å²) in [5.74, 6) is 0. The van der Waals surface area contributed by atoms with Crippen LogP contribution in [0, 0.1) is 27.7 Å². The molecule has 0 amide bonds. The third-order valence-corrected chi connectivity index (χ3v) is 3.78. The molecule has 0 aliphatic rings. The summed E-state index contributed by atoms with van der Waals surface area (Å²) in [6.45, 7) is 8.57. The molecule has 0 radical (unpaired) electrons. The Morgan fingerprint density at radius 3 is 2.17 bits per heavy atom. The second-order valence-electron chi connectivity index (χ2n) is 4.94.